The van der Waals surface area contributed by atoms with Crippen molar-refractivity contribution in [3.8, 4) is 0 Å². The van der Waals surface area contributed by atoms with Crippen molar-refractivity contribution in [1.82, 2.24) is 14.3 Å². The minimum Gasteiger partial charge on any atom is -0.381 e. The molecule has 138 valence electrons. The van der Waals surface area contributed by atoms with Crippen LogP contribution in [-0.4, -0.2) is 42.2 Å². The second kappa shape index (κ2) is 7.73. The second-order valence-electron chi connectivity index (χ2n) is 7.77. The normalized spacial score (nSPS) is 16.6. The van der Waals surface area contributed by atoms with Gasteiger partial charge >= 0.3 is 0 Å². The predicted octanol–water partition coefficient (Wildman–Crippen LogP) is 3.62. The summed E-state index contributed by atoms with van der Waals surface area (Å²) >= 11 is 3.42. The van der Waals surface area contributed by atoms with Crippen molar-refractivity contribution in [2.45, 2.75) is 51.3 Å². The molecule has 1 saturated heterocycles. The van der Waals surface area contributed by atoms with Gasteiger partial charge in [-0.1, -0.05) is 19.6 Å². The lowest BCUT2D eigenvalue weighted by Gasteiger charge is -2.25. The molecule has 0 aromatic carbocycles. The number of halogens is 1. The molecule has 1 aliphatic rings. The molecule has 3 heterocycles. The van der Waals surface area contributed by atoms with Crippen molar-refractivity contribution in [1.29, 1.82) is 0 Å². The van der Waals surface area contributed by atoms with Gasteiger partial charge in [0.05, 0.1) is 11.4 Å². The van der Waals surface area contributed by atoms with Gasteiger partial charge in [0.25, 0.3) is 5.56 Å². The molecule has 0 bridgehead atoms. The minimum atomic E-state index is -1.14. The lowest BCUT2D eigenvalue weighted by Crippen LogP contribution is -2.32. The van der Waals surface area contributed by atoms with E-state index in [1.54, 1.807) is 6.20 Å². The third-order valence-electron chi connectivity index (χ3n) is 4.52. The Balaban J connectivity index is 1.92. The SMILES string of the molecule is C[Si](C)(C)CCOCn1c2ncc(Br)cc2c(=O)n1C1CCOCC1. The maximum Gasteiger partial charge on any atom is 0.276 e. The Morgan fingerprint density at radius 2 is 2.08 bits per heavy atom. The third kappa shape index (κ3) is 4.42. The molecule has 0 amide bonds. The number of pyridine rings is 1. The molecule has 0 atom stereocenters. The van der Waals surface area contributed by atoms with Gasteiger partial charge in [-0.15, -0.1) is 0 Å². The number of nitrogens with zero attached hydrogens (tertiary/aromatic N) is 3. The fraction of sp³-hybridized carbons (Fsp3) is 0.647. The second-order valence-corrected chi connectivity index (χ2v) is 14.3. The highest BCUT2D eigenvalue weighted by atomic mass is 79.9. The highest BCUT2D eigenvalue weighted by molar-refractivity contribution is 9.10. The van der Waals surface area contributed by atoms with E-state index in [1.807, 2.05) is 15.4 Å². The summed E-state index contributed by atoms with van der Waals surface area (Å²) in [5.74, 6) is 0. The van der Waals surface area contributed by atoms with E-state index in [1.165, 1.54) is 0 Å². The van der Waals surface area contributed by atoms with Crippen LogP contribution >= 0.6 is 15.9 Å². The standard InChI is InChI=1S/C17H26BrN3O3Si/c1-25(2,3)9-8-24-12-20-16-15(10-13(18)11-19-16)17(22)21(20)14-4-6-23-7-5-14/h10-11,14H,4-9,12H2,1-3H3. The smallest absolute Gasteiger partial charge is 0.276 e. The largest absolute Gasteiger partial charge is 0.381 e. The first-order valence-electron chi connectivity index (χ1n) is 8.79. The summed E-state index contributed by atoms with van der Waals surface area (Å²) in [5, 5.41) is 0.634. The molecule has 2 aromatic heterocycles. The molecule has 0 N–H and O–H groups in total. The summed E-state index contributed by atoms with van der Waals surface area (Å²) in [6.07, 6.45) is 3.41. The van der Waals surface area contributed by atoms with E-state index in [4.69, 9.17) is 9.47 Å². The van der Waals surface area contributed by atoms with Crippen LogP contribution in [0, 0.1) is 0 Å². The number of aromatic nitrogens is 3. The van der Waals surface area contributed by atoms with Crippen molar-refractivity contribution >= 4 is 35.0 Å². The van der Waals surface area contributed by atoms with Gasteiger partial charge in [-0.05, 0) is 40.9 Å². The van der Waals surface area contributed by atoms with Crippen LogP contribution < -0.4 is 5.56 Å². The van der Waals surface area contributed by atoms with Gasteiger partial charge < -0.3 is 9.47 Å². The van der Waals surface area contributed by atoms with E-state index >= 15 is 0 Å². The average Bonchev–Trinajstić information content (AvgIpc) is 2.83. The topological polar surface area (TPSA) is 58.3 Å². The highest BCUT2D eigenvalue weighted by Gasteiger charge is 2.24. The number of rotatable bonds is 6. The molecule has 0 spiro atoms. The molecule has 25 heavy (non-hydrogen) atoms. The van der Waals surface area contributed by atoms with Crippen LogP contribution in [0.15, 0.2) is 21.5 Å². The van der Waals surface area contributed by atoms with E-state index in [0.717, 1.165) is 23.4 Å². The first kappa shape index (κ1) is 18.8. The zero-order valence-corrected chi connectivity index (χ0v) is 17.7. The molecule has 2 aromatic rings. The van der Waals surface area contributed by atoms with Gasteiger partial charge in [0, 0.05) is 38.6 Å². The van der Waals surface area contributed by atoms with Crippen molar-refractivity contribution in [2.24, 2.45) is 0 Å². The Labute approximate surface area is 157 Å². The van der Waals surface area contributed by atoms with Gasteiger partial charge in [-0.3, -0.25) is 4.79 Å². The number of ether oxygens (including phenoxy) is 2. The van der Waals surface area contributed by atoms with E-state index < -0.39 is 8.07 Å². The molecular weight excluding hydrogens is 402 g/mol. The maximum atomic E-state index is 13.0. The summed E-state index contributed by atoms with van der Waals surface area (Å²) in [6.45, 7) is 9.44. The highest BCUT2D eigenvalue weighted by Crippen LogP contribution is 2.23. The van der Waals surface area contributed by atoms with Crippen molar-refractivity contribution in [3.63, 3.8) is 0 Å². The van der Waals surface area contributed by atoms with E-state index in [2.05, 4.69) is 40.6 Å². The molecule has 8 heteroatoms. The average molecular weight is 428 g/mol. The molecule has 0 unspecified atom stereocenters. The molecular formula is C17H26BrN3O3Si. The Morgan fingerprint density at radius 1 is 1.36 bits per heavy atom. The van der Waals surface area contributed by atoms with Gasteiger partial charge in [0.1, 0.15) is 6.73 Å². The minimum absolute atomic E-state index is 0.00416. The van der Waals surface area contributed by atoms with E-state index in [0.29, 0.717) is 37.6 Å². The number of hydrogen-bond acceptors (Lipinski definition) is 4. The first-order valence-corrected chi connectivity index (χ1v) is 13.3. The van der Waals surface area contributed by atoms with Gasteiger partial charge in [-0.2, -0.15) is 0 Å². The third-order valence-corrected chi connectivity index (χ3v) is 6.66. The zero-order valence-electron chi connectivity index (χ0n) is 15.1. The lowest BCUT2D eigenvalue weighted by molar-refractivity contribution is 0.0375. The summed E-state index contributed by atoms with van der Waals surface area (Å²) < 4.78 is 15.9. The fourth-order valence-electron chi connectivity index (χ4n) is 3.08. The lowest BCUT2D eigenvalue weighted by atomic mass is 10.1. The summed E-state index contributed by atoms with van der Waals surface area (Å²) in [7, 11) is -1.14. The predicted molar refractivity (Wildman–Crippen MR) is 105 cm³/mol. The number of hydrogen-bond donors (Lipinski definition) is 0. The van der Waals surface area contributed by atoms with E-state index in [9.17, 15) is 4.79 Å². The van der Waals surface area contributed by atoms with Gasteiger partial charge in [0.15, 0.2) is 5.65 Å². The Kier molecular flexibility index (Phi) is 5.82. The van der Waals surface area contributed by atoms with Gasteiger partial charge in [0.2, 0.25) is 0 Å². The van der Waals surface area contributed by atoms with Crippen LogP contribution in [-0.2, 0) is 16.2 Å². The Hall–Kier alpha value is -0.963. The van der Waals surface area contributed by atoms with Crippen LogP contribution in [0.2, 0.25) is 25.7 Å². The molecule has 0 saturated carbocycles. The van der Waals surface area contributed by atoms with Crippen molar-refractivity contribution in [3.05, 3.63) is 27.1 Å². The zero-order chi connectivity index (χ0) is 18.0. The summed E-state index contributed by atoms with van der Waals surface area (Å²) in [5.41, 5.74) is 0.692. The van der Waals surface area contributed by atoms with Crippen LogP contribution in [0.1, 0.15) is 18.9 Å². The molecule has 1 fully saturated rings. The maximum absolute atomic E-state index is 13.0. The van der Waals surface area contributed by atoms with Crippen LogP contribution in [0.4, 0.5) is 0 Å². The summed E-state index contributed by atoms with van der Waals surface area (Å²) in [4.78, 5) is 17.5. The van der Waals surface area contributed by atoms with Crippen LogP contribution in [0.5, 0.6) is 0 Å². The molecule has 6 nitrogen and oxygen atoms in total. The molecule has 3 rings (SSSR count). The Bertz CT molecular complexity index is 791. The number of fused-ring (bicyclic) bond motifs is 1. The molecule has 0 aliphatic carbocycles. The molecule has 0 radical (unpaired) electrons. The fourth-order valence-corrected chi connectivity index (χ4v) is 4.16. The monoisotopic (exact) mass is 427 g/mol. The summed E-state index contributed by atoms with van der Waals surface area (Å²) in [6, 6.07) is 3.08. The van der Waals surface area contributed by atoms with Crippen LogP contribution in [0.25, 0.3) is 11.0 Å². The van der Waals surface area contributed by atoms with Crippen LogP contribution in [0.3, 0.4) is 0 Å². The van der Waals surface area contributed by atoms with E-state index in [-0.39, 0.29) is 11.6 Å². The van der Waals surface area contributed by atoms with Crippen molar-refractivity contribution in [2.75, 3.05) is 19.8 Å². The molecule has 1 aliphatic heterocycles. The van der Waals surface area contributed by atoms with Gasteiger partial charge in [-0.25, -0.2) is 14.3 Å². The van der Waals surface area contributed by atoms with Crippen molar-refractivity contribution < 1.29 is 9.47 Å². The quantitative estimate of drug-likeness (QED) is 0.521. The first-order chi connectivity index (χ1) is 11.9. The Morgan fingerprint density at radius 3 is 2.76 bits per heavy atom.